The minimum Gasteiger partial charge on any atom is -0.238 e. The summed E-state index contributed by atoms with van der Waals surface area (Å²) in [5, 5.41) is 0. The van der Waals surface area contributed by atoms with E-state index >= 15 is 0 Å². The molecule has 0 aliphatic heterocycles. The Balaban J connectivity index is 1.82. The van der Waals surface area contributed by atoms with E-state index in [1.165, 1.54) is 0 Å². The zero-order chi connectivity index (χ0) is 21.1. The van der Waals surface area contributed by atoms with Crippen molar-refractivity contribution >= 4 is 5.69 Å². The maximum atomic E-state index is 7.13. The summed E-state index contributed by atoms with van der Waals surface area (Å²) in [5.74, 6) is 2.10. The summed E-state index contributed by atoms with van der Waals surface area (Å²) < 4.78 is 0. The fourth-order valence-corrected chi connectivity index (χ4v) is 3.12. The van der Waals surface area contributed by atoms with E-state index in [9.17, 15) is 0 Å². The fraction of sp³-hybridized carbons (Fsp3) is 0.154. The summed E-state index contributed by atoms with van der Waals surface area (Å²) in [7, 11) is 0. The molecular weight excluding hydrogens is 368 g/mol. The van der Waals surface area contributed by atoms with Gasteiger partial charge < -0.3 is 0 Å². The molecule has 146 valence electrons. The zero-order valence-electron chi connectivity index (χ0n) is 17.3. The van der Waals surface area contributed by atoms with Crippen molar-refractivity contribution in [2.75, 3.05) is 0 Å². The van der Waals surface area contributed by atoms with E-state index in [-0.39, 0.29) is 5.41 Å². The lowest BCUT2D eigenvalue weighted by atomic mass is 9.95. The molecule has 0 unspecified atom stereocenters. The van der Waals surface area contributed by atoms with Crippen LogP contribution in [0.5, 0.6) is 0 Å². The average Bonchev–Trinajstić information content (AvgIpc) is 2.79. The predicted octanol–water partition coefficient (Wildman–Crippen LogP) is 6.72. The van der Waals surface area contributed by atoms with Crippen LogP contribution in [-0.2, 0) is 5.41 Å². The lowest BCUT2D eigenvalue weighted by molar-refractivity contribution is 0.543. The van der Waals surface area contributed by atoms with Crippen molar-refractivity contribution < 1.29 is 0 Å². The largest absolute Gasteiger partial charge is 0.238 e. The molecule has 0 N–H and O–H groups in total. The molecule has 3 aromatic carbocycles. The van der Waals surface area contributed by atoms with Gasteiger partial charge in [-0.2, -0.15) is 0 Å². The molecule has 0 aliphatic rings. The van der Waals surface area contributed by atoms with Crippen LogP contribution in [0.2, 0.25) is 0 Å². The lowest BCUT2D eigenvalue weighted by Crippen LogP contribution is -2.18. The molecule has 0 radical (unpaired) electrons. The third kappa shape index (κ3) is 4.11. The number of aromatic nitrogens is 3. The molecule has 0 saturated carbocycles. The molecular formula is C26H22N4. The van der Waals surface area contributed by atoms with Gasteiger partial charge in [0.15, 0.2) is 17.3 Å². The van der Waals surface area contributed by atoms with Gasteiger partial charge in [-0.05, 0) is 17.2 Å². The third-order valence-electron chi connectivity index (χ3n) is 4.79. The van der Waals surface area contributed by atoms with Crippen molar-refractivity contribution in [1.82, 2.24) is 15.0 Å². The summed E-state index contributed by atoms with van der Waals surface area (Å²) in [6, 6.07) is 25.8. The van der Waals surface area contributed by atoms with Gasteiger partial charge in [0.1, 0.15) is 5.82 Å². The average molecular weight is 390 g/mol. The summed E-state index contributed by atoms with van der Waals surface area (Å²) >= 11 is 0. The van der Waals surface area contributed by atoms with Gasteiger partial charge in [-0.1, -0.05) is 93.6 Å². The normalized spacial score (nSPS) is 11.1. The van der Waals surface area contributed by atoms with Crippen LogP contribution < -0.4 is 0 Å². The Morgan fingerprint density at radius 3 is 1.87 bits per heavy atom. The Bertz CT molecular complexity index is 1210. The highest BCUT2D eigenvalue weighted by Crippen LogP contribution is 2.29. The molecule has 4 nitrogen and oxygen atoms in total. The molecule has 0 atom stereocenters. The van der Waals surface area contributed by atoms with E-state index in [0.29, 0.717) is 17.3 Å². The molecule has 0 spiro atoms. The van der Waals surface area contributed by atoms with Crippen LogP contribution in [0.1, 0.15) is 26.6 Å². The maximum absolute atomic E-state index is 7.13. The van der Waals surface area contributed by atoms with Crippen LogP contribution in [0.4, 0.5) is 5.69 Å². The van der Waals surface area contributed by atoms with E-state index in [2.05, 4.69) is 37.7 Å². The van der Waals surface area contributed by atoms with E-state index in [0.717, 1.165) is 28.1 Å². The Morgan fingerprint density at radius 2 is 1.23 bits per heavy atom. The first-order valence-electron chi connectivity index (χ1n) is 9.84. The molecule has 30 heavy (non-hydrogen) atoms. The Hall–Kier alpha value is -3.84. The van der Waals surface area contributed by atoms with Crippen LogP contribution in [-0.4, -0.2) is 15.0 Å². The predicted molar refractivity (Wildman–Crippen MR) is 121 cm³/mol. The third-order valence-corrected chi connectivity index (χ3v) is 4.79. The van der Waals surface area contributed by atoms with E-state index in [1.807, 2.05) is 66.7 Å². The molecule has 0 amide bonds. The van der Waals surface area contributed by atoms with Crippen molar-refractivity contribution in [2.45, 2.75) is 26.2 Å². The standard InChI is InChI=1S/C26H22N4/c1-26(2,3)25-29-23(19-9-6-5-7-10-19)28-24(30-25)21-12-8-11-20(17-21)18-13-15-22(27-4)16-14-18/h5-17H,1-3H3. The molecule has 4 rings (SSSR count). The van der Waals surface area contributed by atoms with Gasteiger partial charge in [-0.15, -0.1) is 0 Å². The molecule has 1 heterocycles. The number of rotatable bonds is 3. The van der Waals surface area contributed by atoms with Gasteiger partial charge in [0, 0.05) is 16.5 Å². The quantitative estimate of drug-likeness (QED) is 0.365. The first-order chi connectivity index (χ1) is 14.4. The molecule has 0 fully saturated rings. The topological polar surface area (TPSA) is 43.0 Å². The van der Waals surface area contributed by atoms with Crippen molar-refractivity contribution in [3.8, 4) is 33.9 Å². The van der Waals surface area contributed by atoms with Crippen LogP contribution in [0.3, 0.4) is 0 Å². The highest BCUT2D eigenvalue weighted by atomic mass is 15.0. The number of benzene rings is 3. The SMILES string of the molecule is [C-]#[N+]c1ccc(-c2cccc(-c3nc(-c4ccccc4)nc(C(C)(C)C)n3)c2)cc1. The monoisotopic (exact) mass is 390 g/mol. The van der Waals surface area contributed by atoms with Gasteiger partial charge in [0.05, 0.1) is 6.57 Å². The maximum Gasteiger partial charge on any atom is 0.187 e. The fourth-order valence-electron chi connectivity index (χ4n) is 3.12. The van der Waals surface area contributed by atoms with Gasteiger partial charge >= 0.3 is 0 Å². The summed E-state index contributed by atoms with van der Waals surface area (Å²) in [4.78, 5) is 17.8. The molecule has 4 heteroatoms. The number of hydrogen-bond donors (Lipinski definition) is 0. The van der Waals surface area contributed by atoms with Crippen molar-refractivity contribution in [3.05, 3.63) is 96.1 Å². The van der Waals surface area contributed by atoms with Gasteiger partial charge in [-0.25, -0.2) is 19.8 Å². The van der Waals surface area contributed by atoms with Crippen LogP contribution >= 0.6 is 0 Å². The lowest BCUT2D eigenvalue weighted by Gasteiger charge is -2.18. The van der Waals surface area contributed by atoms with Gasteiger partial charge in [0.25, 0.3) is 0 Å². The first kappa shape index (κ1) is 19.5. The molecule has 1 aromatic heterocycles. The van der Waals surface area contributed by atoms with Crippen molar-refractivity contribution in [2.24, 2.45) is 0 Å². The Labute approximate surface area is 177 Å². The number of hydrogen-bond acceptors (Lipinski definition) is 3. The highest BCUT2D eigenvalue weighted by molar-refractivity contribution is 5.72. The van der Waals surface area contributed by atoms with Crippen molar-refractivity contribution in [3.63, 3.8) is 0 Å². The summed E-state index contributed by atoms with van der Waals surface area (Å²) in [6.07, 6.45) is 0. The second-order valence-corrected chi connectivity index (χ2v) is 8.16. The van der Waals surface area contributed by atoms with Gasteiger partial charge in [0.2, 0.25) is 0 Å². The minimum absolute atomic E-state index is 0.200. The smallest absolute Gasteiger partial charge is 0.187 e. The Morgan fingerprint density at radius 1 is 0.633 bits per heavy atom. The first-order valence-corrected chi connectivity index (χ1v) is 9.84. The number of nitrogens with zero attached hydrogens (tertiary/aromatic N) is 4. The molecule has 0 saturated heterocycles. The van der Waals surface area contributed by atoms with E-state index in [4.69, 9.17) is 21.5 Å². The van der Waals surface area contributed by atoms with Crippen LogP contribution in [0, 0.1) is 6.57 Å². The van der Waals surface area contributed by atoms with E-state index in [1.54, 1.807) is 0 Å². The second-order valence-electron chi connectivity index (χ2n) is 8.16. The highest BCUT2D eigenvalue weighted by Gasteiger charge is 2.21. The van der Waals surface area contributed by atoms with Gasteiger partial charge in [-0.3, -0.25) is 0 Å². The Kier molecular flexibility index (Phi) is 5.12. The second kappa shape index (κ2) is 7.88. The van der Waals surface area contributed by atoms with E-state index < -0.39 is 0 Å². The van der Waals surface area contributed by atoms with Crippen LogP contribution in [0.25, 0.3) is 38.7 Å². The zero-order valence-corrected chi connectivity index (χ0v) is 17.3. The van der Waals surface area contributed by atoms with Crippen LogP contribution in [0.15, 0.2) is 78.9 Å². The molecule has 4 aromatic rings. The summed E-state index contributed by atoms with van der Waals surface area (Å²) in [5.41, 5.74) is 4.45. The summed E-state index contributed by atoms with van der Waals surface area (Å²) in [6.45, 7) is 13.5. The van der Waals surface area contributed by atoms with Crippen molar-refractivity contribution in [1.29, 1.82) is 0 Å². The molecule has 0 aliphatic carbocycles. The molecule has 0 bridgehead atoms. The minimum atomic E-state index is -0.200.